The molecule has 0 spiro atoms. The summed E-state index contributed by atoms with van der Waals surface area (Å²) in [5.74, 6) is -0.897. The van der Waals surface area contributed by atoms with Crippen molar-refractivity contribution in [1.82, 2.24) is 0 Å². The van der Waals surface area contributed by atoms with Gasteiger partial charge in [0.15, 0.2) is 0 Å². The highest BCUT2D eigenvalue weighted by Gasteiger charge is 2.36. The summed E-state index contributed by atoms with van der Waals surface area (Å²) >= 11 is 0. The van der Waals surface area contributed by atoms with Gasteiger partial charge in [0.05, 0.1) is 5.56 Å². The van der Waals surface area contributed by atoms with Crippen LogP contribution in [0.5, 0.6) is 0 Å². The van der Waals surface area contributed by atoms with Crippen molar-refractivity contribution in [2.45, 2.75) is 57.9 Å². The third-order valence-corrected chi connectivity index (χ3v) is 5.55. The van der Waals surface area contributed by atoms with Gasteiger partial charge >= 0.3 is 5.97 Å². The summed E-state index contributed by atoms with van der Waals surface area (Å²) in [6, 6.07) is 13.7. The second-order valence-corrected chi connectivity index (χ2v) is 8.38. The molecule has 0 atom stereocenters. The van der Waals surface area contributed by atoms with Gasteiger partial charge < -0.3 is 10.4 Å². The fourth-order valence-corrected chi connectivity index (χ4v) is 3.68. The molecule has 0 heterocycles. The molecule has 3 heteroatoms. The Labute approximate surface area is 150 Å². The highest BCUT2D eigenvalue weighted by molar-refractivity contribution is 5.87. The first-order chi connectivity index (χ1) is 11.7. The lowest BCUT2D eigenvalue weighted by atomic mass is 9.63. The summed E-state index contributed by atoms with van der Waals surface area (Å²) in [4.78, 5) is 10.9. The molecule has 3 nitrogen and oxygen atoms in total. The van der Waals surface area contributed by atoms with E-state index in [0.29, 0.717) is 5.56 Å². The lowest BCUT2D eigenvalue weighted by Gasteiger charge is -2.42. The number of hydrogen-bond donors (Lipinski definition) is 2. The van der Waals surface area contributed by atoms with Gasteiger partial charge in [0.25, 0.3) is 0 Å². The third-order valence-electron chi connectivity index (χ3n) is 5.55. The maximum Gasteiger partial charge on any atom is 0.335 e. The summed E-state index contributed by atoms with van der Waals surface area (Å²) in [7, 11) is 0. The maximum atomic E-state index is 10.9. The molecule has 0 aliphatic heterocycles. The van der Waals surface area contributed by atoms with Crippen LogP contribution in [0.3, 0.4) is 0 Å². The fraction of sp³-hybridized carbons (Fsp3) is 0.409. The largest absolute Gasteiger partial charge is 0.478 e. The van der Waals surface area contributed by atoms with Crippen LogP contribution in [0, 0.1) is 0 Å². The van der Waals surface area contributed by atoms with Crippen LogP contribution in [0.4, 0.5) is 5.69 Å². The Morgan fingerprint density at radius 1 is 0.960 bits per heavy atom. The Bertz CT molecular complexity index is 788. The van der Waals surface area contributed by atoms with Crippen molar-refractivity contribution in [2.24, 2.45) is 0 Å². The maximum absolute atomic E-state index is 10.9. The number of carboxylic acid groups (broad SMARTS) is 1. The van der Waals surface area contributed by atoms with Crippen LogP contribution in [0.1, 0.15) is 67.6 Å². The predicted molar refractivity (Wildman–Crippen MR) is 102 cm³/mol. The number of benzene rings is 2. The number of carbonyl (C=O) groups is 1. The molecule has 0 unspecified atom stereocenters. The van der Waals surface area contributed by atoms with E-state index in [1.807, 2.05) is 12.1 Å². The minimum Gasteiger partial charge on any atom is -0.478 e. The number of carboxylic acids is 1. The number of fused-ring (bicyclic) bond motifs is 1. The normalized spacial score (nSPS) is 17.6. The molecule has 132 valence electrons. The van der Waals surface area contributed by atoms with Gasteiger partial charge in [-0.25, -0.2) is 4.79 Å². The Balaban J connectivity index is 1.79. The number of anilines is 1. The van der Waals surface area contributed by atoms with Crippen molar-refractivity contribution in [3.05, 3.63) is 64.7 Å². The van der Waals surface area contributed by atoms with E-state index in [0.717, 1.165) is 12.2 Å². The number of rotatable bonds is 4. The second kappa shape index (κ2) is 6.21. The van der Waals surface area contributed by atoms with Crippen molar-refractivity contribution < 1.29 is 9.90 Å². The quantitative estimate of drug-likeness (QED) is 0.791. The lowest BCUT2D eigenvalue weighted by Crippen LogP contribution is -2.33. The van der Waals surface area contributed by atoms with Gasteiger partial charge in [0, 0.05) is 12.2 Å². The SMILES string of the molecule is CC1(C)CCC(C)(C)c2cc(CNc3ccc(C(=O)O)cc3)ccc21. The van der Waals surface area contributed by atoms with E-state index in [2.05, 4.69) is 51.2 Å². The minimum atomic E-state index is -0.897. The lowest BCUT2D eigenvalue weighted by molar-refractivity contribution is 0.0697. The van der Waals surface area contributed by atoms with Crippen LogP contribution in [-0.4, -0.2) is 11.1 Å². The molecule has 0 radical (unpaired) electrons. The van der Waals surface area contributed by atoms with E-state index < -0.39 is 5.97 Å². The van der Waals surface area contributed by atoms with Crippen LogP contribution in [0.15, 0.2) is 42.5 Å². The standard InChI is InChI=1S/C22H27NO2/c1-21(2)11-12-22(3,4)19-13-15(5-10-18(19)21)14-23-17-8-6-16(7-9-17)20(24)25/h5-10,13,23H,11-12,14H2,1-4H3,(H,24,25). The van der Waals surface area contributed by atoms with Crippen LogP contribution in [-0.2, 0) is 17.4 Å². The zero-order valence-corrected chi connectivity index (χ0v) is 15.5. The van der Waals surface area contributed by atoms with Crippen molar-refractivity contribution in [2.75, 3.05) is 5.32 Å². The molecule has 0 saturated heterocycles. The zero-order valence-electron chi connectivity index (χ0n) is 15.5. The van der Waals surface area contributed by atoms with E-state index in [9.17, 15) is 4.79 Å². The molecular formula is C22H27NO2. The average Bonchev–Trinajstić information content (AvgIpc) is 2.57. The highest BCUT2D eigenvalue weighted by atomic mass is 16.4. The van der Waals surface area contributed by atoms with E-state index in [4.69, 9.17) is 5.11 Å². The minimum absolute atomic E-state index is 0.212. The molecule has 0 fully saturated rings. The van der Waals surface area contributed by atoms with Crippen molar-refractivity contribution in [1.29, 1.82) is 0 Å². The Morgan fingerprint density at radius 3 is 2.16 bits per heavy atom. The molecule has 2 aromatic carbocycles. The third kappa shape index (κ3) is 3.55. The highest BCUT2D eigenvalue weighted by Crippen LogP contribution is 2.45. The van der Waals surface area contributed by atoms with Gasteiger partial charge in [-0.3, -0.25) is 0 Å². The Morgan fingerprint density at radius 2 is 1.56 bits per heavy atom. The van der Waals surface area contributed by atoms with Gasteiger partial charge in [-0.1, -0.05) is 45.9 Å². The molecule has 0 saturated carbocycles. The predicted octanol–water partition coefficient (Wildman–Crippen LogP) is 5.35. The van der Waals surface area contributed by atoms with E-state index in [1.54, 1.807) is 12.1 Å². The first kappa shape index (κ1) is 17.5. The van der Waals surface area contributed by atoms with E-state index in [-0.39, 0.29) is 10.8 Å². The van der Waals surface area contributed by atoms with Gasteiger partial charge in [0.2, 0.25) is 0 Å². The molecule has 2 aromatic rings. The summed E-state index contributed by atoms with van der Waals surface area (Å²) in [6.07, 6.45) is 2.43. The van der Waals surface area contributed by atoms with Crippen molar-refractivity contribution in [3.8, 4) is 0 Å². The van der Waals surface area contributed by atoms with Gasteiger partial charge in [-0.2, -0.15) is 0 Å². The summed E-state index contributed by atoms with van der Waals surface area (Å²) < 4.78 is 0. The van der Waals surface area contributed by atoms with Gasteiger partial charge in [-0.15, -0.1) is 0 Å². The van der Waals surface area contributed by atoms with Crippen LogP contribution >= 0.6 is 0 Å². The Hall–Kier alpha value is -2.29. The molecule has 1 aliphatic rings. The summed E-state index contributed by atoms with van der Waals surface area (Å²) in [5.41, 5.74) is 5.88. The molecule has 0 aromatic heterocycles. The molecule has 0 bridgehead atoms. The van der Waals surface area contributed by atoms with Crippen LogP contribution in [0.25, 0.3) is 0 Å². The second-order valence-electron chi connectivity index (χ2n) is 8.38. The zero-order chi connectivity index (χ0) is 18.2. The smallest absolute Gasteiger partial charge is 0.335 e. The van der Waals surface area contributed by atoms with Gasteiger partial charge in [-0.05, 0) is 64.6 Å². The first-order valence-electron chi connectivity index (χ1n) is 8.90. The molecule has 25 heavy (non-hydrogen) atoms. The molecule has 2 N–H and O–H groups in total. The molecule has 0 amide bonds. The first-order valence-corrected chi connectivity index (χ1v) is 8.90. The molecule has 1 aliphatic carbocycles. The Kier molecular flexibility index (Phi) is 4.36. The van der Waals surface area contributed by atoms with E-state index in [1.165, 1.54) is 29.5 Å². The average molecular weight is 337 g/mol. The summed E-state index contributed by atoms with van der Waals surface area (Å²) in [6.45, 7) is 10.1. The van der Waals surface area contributed by atoms with Crippen molar-refractivity contribution >= 4 is 11.7 Å². The van der Waals surface area contributed by atoms with E-state index >= 15 is 0 Å². The fourth-order valence-electron chi connectivity index (χ4n) is 3.68. The summed E-state index contributed by atoms with van der Waals surface area (Å²) in [5, 5.41) is 12.4. The molecule has 3 rings (SSSR count). The number of aromatic carboxylic acids is 1. The number of nitrogens with one attached hydrogen (secondary N) is 1. The topological polar surface area (TPSA) is 49.3 Å². The van der Waals surface area contributed by atoms with Crippen LogP contribution in [0.2, 0.25) is 0 Å². The monoisotopic (exact) mass is 337 g/mol. The van der Waals surface area contributed by atoms with Gasteiger partial charge in [0.1, 0.15) is 0 Å². The van der Waals surface area contributed by atoms with Crippen LogP contribution < -0.4 is 5.32 Å². The number of hydrogen-bond acceptors (Lipinski definition) is 2. The molecular weight excluding hydrogens is 310 g/mol. The van der Waals surface area contributed by atoms with Crippen molar-refractivity contribution in [3.63, 3.8) is 0 Å².